The van der Waals surface area contributed by atoms with Gasteiger partial charge < -0.3 is 9.47 Å². The van der Waals surface area contributed by atoms with Crippen molar-refractivity contribution in [1.29, 1.82) is 0 Å². The molecule has 0 atom stereocenters. The Balaban J connectivity index is 2.08. The number of hydrogen-bond acceptors (Lipinski definition) is 2. The van der Waals surface area contributed by atoms with Gasteiger partial charge in [-0.2, -0.15) is 0 Å². The van der Waals surface area contributed by atoms with Crippen LogP contribution in [0.5, 0.6) is 17.2 Å². The fourth-order valence-electron chi connectivity index (χ4n) is 1.39. The molecule has 2 aromatic rings. The van der Waals surface area contributed by atoms with Crippen LogP contribution in [0.2, 0.25) is 0 Å². The highest BCUT2D eigenvalue weighted by Gasteiger charge is 2.30. The summed E-state index contributed by atoms with van der Waals surface area (Å²) in [5.74, 6) is -0.244. The number of halogens is 5. The molecule has 0 fully saturated rings. The zero-order valence-corrected chi connectivity index (χ0v) is 11.9. The Bertz CT molecular complexity index is 596. The second kappa shape index (κ2) is 5.86. The van der Waals surface area contributed by atoms with E-state index in [9.17, 15) is 17.6 Å². The third-order valence-corrected chi connectivity index (χ3v) is 3.06. The monoisotopic (exact) mass is 398 g/mol. The molecule has 0 spiro atoms. The van der Waals surface area contributed by atoms with Crippen LogP contribution in [0.15, 0.2) is 42.5 Å². The summed E-state index contributed by atoms with van der Waals surface area (Å²) in [4.78, 5) is 0. The number of hydrogen-bond donors (Lipinski definition) is 0. The lowest BCUT2D eigenvalue weighted by molar-refractivity contribution is -0.274. The second-order valence-electron chi connectivity index (χ2n) is 3.70. The molecule has 0 aliphatic rings. The molecule has 0 aromatic heterocycles. The Morgan fingerprint density at radius 2 is 1.40 bits per heavy atom. The van der Waals surface area contributed by atoms with Gasteiger partial charge in [0.05, 0.1) is 0 Å². The molecule has 2 aromatic carbocycles. The van der Waals surface area contributed by atoms with Gasteiger partial charge in [0.2, 0.25) is 0 Å². The molecule has 20 heavy (non-hydrogen) atoms. The lowest BCUT2D eigenvalue weighted by Gasteiger charge is -2.10. The minimum atomic E-state index is -4.73. The zero-order chi connectivity index (χ0) is 14.8. The largest absolute Gasteiger partial charge is 0.573 e. The summed E-state index contributed by atoms with van der Waals surface area (Å²) in [5, 5.41) is 0. The predicted molar refractivity (Wildman–Crippen MR) is 72.3 cm³/mol. The number of benzene rings is 2. The van der Waals surface area contributed by atoms with Gasteiger partial charge in [0.25, 0.3) is 0 Å². The summed E-state index contributed by atoms with van der Waals surface area (Å²) in [6.45, 7) is 0. The molecule has 0 saturated heterocycles. The topological polar surface area (TPSA) is 18.5 Å². The van der Waals surface area contributed by atoms with E-state index in [1.165, 1.54) is 24.3 Å². The standard InChI is InChI=1S/C13H7F4IO2/c14-11-7-10(5-6-12(11)18)19-8-1-3-9(4-2-8)20-13(15,16)17/h1-7H. The zero-order valence-electron chi connectivity index (χ0n) is 9.75. The molecule has 0 unspecified atom stereocenters. The highest BCUT2D eigenvalue weighted by molar-refractivity contribution is 14.1. The van der Waals surface area contributed by atoms with Crippen molar-refractivity contribution in [2.45, 2.75) is 6.36 Å². The smallest absolute Gasteiger partial charge is 0.457 e. The Kier molecular flexibility index (Phi) is 4.36. The molecule has 106 valence electrons. The fourth-order valence-corrected chi connectivity index (χ4v) is 1.72. The van der Waals surface area contributed by atoms with Gasteiger partial charge in [0.1, 0.15) is 23.1 Å². The fraction of sp³-hybridized carbons (Fsp3) is 0.0769. The van der Waals surface area contributed by atoms with Crippen LogP contribution in [0.4, 0.5) is 17.6 Å². The molecular weight excluding hydrogens is 391 g/mol. The molecule has 0 N–H and O–H groups in total. The predicted octanol–water partition coefficient (Wildman–Crippen LogP) is 5.12. The summed E-state index contributed by atoms with van der Waals surface area (Å²) in [6.07, 6.45) is -4.73. The average Bonchev–Trinajstić information content (AvgIpc) is 2.35. The number of alkyl halides is 3. The van der Waals surface area contributed by atoms with Crippen LogP contribution < -0.4 is 9.47 Å². The van der Waals surface area contributed by atoms with Crippen molar-refractivity contribution in [2.75, 3.05) is 0 Å². The molecule has 0 saturated carbocycles. The van der Waals surface area contributed by atoms with Crippen LogP contribution in [0, 0.1) is 9.39 Å². The van der Waals surface area contributed by atoms with E-state index < -0.39 is 12.2 Å². The van der Waals surface area contributed by atoms with E-state index in [0.717, 1.165) is 12.1 Å². The first kappa shape index (κ1) is 14.9. The van der Waals surface area contributed by atoms with Gasteiger partial charge in [-0.1, -0.05) is 0 Å². The quantitative estimate of drug-likeness (QED) is 0.528. The van der Waals surface area contributed by atoms with E-state index in [1.807, 2.05) is 22.6 Å². The Morgan fingerprint density at radius 3 is 1.95 bits per heavy atom. The van der Waals surface area contributed by atoms with Gasteiger partial charge in [-0.15, -0.1) is 13.2 Å². The molecule has 2 nitrogen and oxygen atoms in total. The van der Waals surface area contributed by atoms with Crippen LogP contribution in [0.3, 0.4) is 0 Å². The second-order valence-corrected chi connectivity index (χ2v) is 4.86. The van der Waals surface area contributed by atoms with Crippen LogP contribution >= 0.6 is 22.6 Å². The van der Waals surface area contributed by atoms with Crippen LogP contribution in [-0.4, -0.2) is 6.36 Å². The van der Waals surface area contributed by atoms with Crippen LogP contribution in [-0.2, 0) is 0 Å². The molecule has 0 bridgehead atoms. The Hall–Kier alpha value is -1.51. The molecule has 7 heteroatoms. The maximum Gasteiger partial charge on any atom is 0.573 e. The highest BCUT2D eigenvalue weighted by Crippen LogP contribution is 2.28. The van der Waals surface area contributed by atoms with E-state index >= 15 is 0 Å². The van der Waals surface area contributed by atoms with Crippen LogP contribution in [0.25, 0.3) is 0 Å². The molecule has 0 heterocycles. The SMILES string of the molecule is Fc1cc(Oc2ccc(OC(F)(F)F)cc2)ccc1I. The third-order valence-electron chi connectivity index (χ3n) is 2.18. The highest BCUT2D eigenvalue weighted by atomic mass is 127. The van der Waals surface area contributed by atoms with Gasteiger partial charge >= 0.3 is 6.36 Å². The van der Waals surface area contributed by atoms with Gasteiger partial charge in [-0.25, -0.2) is 4.39 Å². The first-order valence-corrected chi connectivity index (χ1v) is 6.40. The van der Waals surface area contributed by atoms with E-state index in [-0.39, 0.29) is 17.2 Å². The van der Waals surface area contributed by atoms with Crippen molar-refractivity contribution in [1.82, 2.24) is 0 Å². The van der Waals surface area contributed by atoms with Crippen molar-refractivity contribution in [3.05, 3.63) is 51.9 Å². The summed E-state index contributed by atoms with van der Waals surface area (Å²) >= 11 is 1.84. The molecular formula is C13H7F4IO2. The van der Waals surface area contributed by atoms with Gasteiger partial charge in [-0.3, -0.25) is 0 Å². The maximum absolute atomic E-state index is 13.3. The number of ether oxygens (including phenoxy) is 2. The van der Waals surface area contributed by atoms with Crippen molar-refractivity contribution in [2.24, 2.45) is 0 Å². The van der Waals surface area contributed by atoms with Gasteiger partial charge in [0, 0.05) is 9.64 Å². The van der Waals surface area contributed by atoms with Gasteiger partial charge in [0.15, 0.2) is 0 Å². The van der Waals surface area contributed by atoms with Crippen molar-refractivity contribution in [3.63, 3.8) is 0 Å². The molecule has 0 aliphatic carbocycles. The summed E-state index contributed by atoms with van der Waals surface area (Å²) in [7, 11) is 0. The van der Waals surface area contributed by atoms with Gasteiger partial charge in [-0.05, 0) is 59.0 Å². The first-order chi connectivity index (χ1) is 9.33. The van der Waals surface area contributed by atoms with Crippen molar-refractivity contribution in [3.8, 4) is 17.2 Å². The molecule has 2 rings (SSSR count). The minimum absolute atomic E-state index is 0.257. The lowest BCUT2D eigenvalue weighted by atomic mass is 10.3. The normalized spacial score (nSPS) is 11.2. The van der Waals surface area contributed by atoms with Crippen molar-refractivity contribution < 1.29 is 27.0 Å². The Labute approximate surface area is 125 Å². The van der Waals surface area contributed by atoms with E-state index in [2.05, 4.69) is 4.74 Å². The summed E-state index contributed by atoms with van der Waals surface area (Å²) in [6, 6.07) is 9.13. The van der Waals surface area contributed by atoms with Crippen LogP contribution in [0.1, 0.15) is 0 Å². The minimum Gasteiger partial charge on any atom is -0.457 e. The average molecular weight is 398 g/mol. The van der Waals surface area contributed by atoms with E-state index in [4.69, 9.17) is 4.74 Å². The lowest BCUT2D eigenvalue weighted by Crippen LogP contribution is -2.16. The molecule has 0 radical (unpaired) electrons. The van der Waals surface area contributed by atoms with Crippen molar-refractivity contribution >= 4 is 22.6 Å². The van der Waals surface area contributed by atoms with E-state index in [0.29, 0.717) is 3.57 Å². The molecule has 0 amide bonds. The summed E-state index contributed by atoms with van der Waals surface area (Å²) < 4.78 is 58.7. The third kappa shape index (κ3) is 4.26. The van der Waals surface area contributed by atoms with E-state index in [1.54, 1.807) is 6.07 Å². The molecule has 0 aliphatic heterocycles. The summed E-state index contributed by atoms with van der Waals surface area (Å²) in [5.41, 5.74) is 0. The number of rotatable bonds is 3. The first-order valence-electron chi connectivity index (χ1n) is 5.32. The maximum atomic E-state index is 13.3. The Morgan fingerprint density at radius 1 is 0.850 bits per heavy atom.